The van der Waals surface area contributed by atoms with Crippen LogP contribution in [0.5, 0.6) is 5.75 Å². The topological polar surface area (TPSA) is 48.4 Å². The maximum atomic E-state index is 11.3. The van der Waals surface area contributed by atoms with Crippen molar-refractivity contribution in [3.63, 3.8) is 0 Å². The van der Waals surface area contributed by atoms with Gasteiger partial charge in [-0.2, -0.15) is 0 Å². The minimum atomic E-state index is -0.439. The van der Waals surface area contributed by atoms with Gasteiger partial charge in [0.25, 0.3) is 0 Å². The normalized spacial score (nSPS) is 10.9. The Balaban J connectivity index is 2.24. The molecule has 4 heteroatoms. The standard InChI is InChI=1S/C12H17NO3/c1-12(2,3)16-11(14)6-8-15-10-5-4-7-13-9-10/h4-5,7,9H,6,8H2,1-3H3. The van der Waals surface area contributed by atoms with Crippen LogP contribution >= 0.6 is 0 Å². The van der Waals surface area contributed by atoms with Crippen molar-refractivity contribution < 1.29 is 14.3 Å². The first kappa shape index (κ1) is 12.5. The molecule has 0 saturated carbocycles. The van der Waals surface area contributed by atoms with Gasteiger partial charge >= 0.3 is 5.97 Å². The van der Waals surface area contributed by atoms with E-state index in [4.69, 9.17) is 9.47 Å². The van der Waals surface area contributed by atoms with Crippen molar-refractivity contribution in [2.24, 2.45) is 0 Å². The highest BCUT2D eigenvalue weighted by Crippen LogP contribution is 2.10. The Hall–Kier alpha value is -1.58. The first-order valence-electron chi connectivity index (χ1n) is 5.22. The molecule has 4 nitrogen and oxygen atoms in total. The van der Waals surface area contributed by atoms with Crippen molar-refractivity contribution in [1.29, 1.82) is 0 Å². The molecule has 0 aliphatic carbocycles. The summed E-state index contributed by atoms with van der Waals surface area (Å²) in [6.45, 7) is 5.83. The fourth-order valence-corrected chi connectivity index (χ4v) is 1.08. The average Bonchev–Trinajstić information content (AvgIpc) is 2.16. The largest absolute Gasteiger partial charge is 0.491 e. The van der Waals surface area contributed by atoms with E-state index in [1.807, 2.05) is 20.8 Å². The van der Waals surface area contributed by atoms with Crippen LogP contribution in [0, 0.1) is 0 Å². The third-order valence-corrected chi connectivity index (χ3v) is 1.63. The third-order valence-electron chi connectivity index (χ3n) is 1.63. The molecular weight excluding hydrogens is 206 g/mol. The van der Waals surface area contributed by atoms with Crippen LogP contribution in [0.3, 0.4) is 0 Å². The van der Waals surface area contributed by atoms with Crippen LogP contribution in [-0.2, 0) is 9.53 Å². The van der Waals surface area contributed by atoms with Gasteiger partial charge in [-0.3, -0.25) is 9.78 Å². The van der Waals surface area contributed by atoms with E-state index in [0.29, 0.717) is 12.4 Å². The average molecular weight is 223 g/mol. The van der Waals surface area contributed by atoms with Crippen LogP contribution in [0.1, 0.15) is 27.2 Å². The number of rotatable bonds is 4. The Morgan fingerprint density at radius 1 is 1.44 bits per heavy atom. The number of carbonyl (C=O) groups excluding carboxylic acids is 1. The van der Waals surface area contributed by atoms with Gasteiger partial charge in [0.1, 0.15) is 11.4 Å². The molecule has 0 atom stereocenters. The lowest BCUT2D eigenvalue weighted by molar-refractivity contribution is -0.155. The quantitative estimate of drug-likeness (QED) is 0.734. The first-order chi connectivity index (χ1) is 7.47. The monoisotopic (exact) mass is 223 g/mol. The van der Waals surface area contributed by atoms with E-state index in [-0.39, 0.29) is 12.4 Å². The molecule has 0 radical (unpaired) electrons. The minimum Gasteiger partial charge on any atom is -0.491 e. The highest BCUT2D eigenvalue weighted by atomic mass is 16.6. The molecule has 0 spiro atoms. The summed E-state index contributed by atoms with van der Waals surface area (Å²) in [4.78, 5) is 15.2. The van der Waals surface area contributed by atoms with Gasteiger partial charge in [0.2, 0.25) is 0 Å². The Morgan fingerprint density at radius 2 is 2.19 bits per heavy atom. The summed E-state index contributed by atoms with van der Waals surface area (Å²) in [5.41, 5.74) is -0.439. The highest BCUT2D eigenvalue weighted by molar-refractivity contribution is 5.69. The molecule has 0 amide bonds. The Labute approximate surface area is 95.6 Å². The molecule has 0 aromatic carbocycles. The number of hydrogen-bond acceptors (Lipinski definition) is 4. The summed E-state index contributed by atoms with van der Waals surface area (Å²) in [5.74, 6) is 0.405. The molecule has 0 N–H and O–H groups in total. The summed E-state index contributed by atoms with van der Waals surface area (Å²) in [5, 5.41) is 0. The molecule has 0 bridgehead atoms. The van der Waals surface area contributed by atoms with E-state index >= 15 is 0 Å². The minimum absolute atomic E-state index is 0.242. The lowest BCUT2D eigenvalue weighted by Crippen LogP contribution is -2.24. The fourth-order valence-electron chi connectivity index (χ4n) is 1.08. The zero-order valence-corrected chi connectivity index (χ0v) is 9.90. The number of ether oxygens (including phenoxy) is 2. The first-order valence-corrected chi connectivity index (χ1v) is 5.22. The molecule has 0 aliphatic rings. The summed E-state index contributed by atoms with van der Waals surface area (Å²) in [7, 11) is 0. The number of nitrogens with zero attached hydrogens (tertiary/aromatic N) is 1. The molecule has 16 heavy (non-hydrogen) atoms. The number of pyridine rings is 1. The van der Waals surface area contributed by atoms with Crippen molar-refractivity contribution in [3.05, 3.63) is 24.5 Å². The van der Waals surface area contributed by atoms with E-state index < -0.39 is 5.60 Å². The molecule has 88 valence electrons. The van der Waals surface area contributed by atoms with Crippen molar-refractivity contribution in [2.75, 3.05) is 6.61 Å². The Kier molecular flexibility index (Phi) is 4.28. The van der Waals surface area contributed by atoms with Gasteiger partial charge in [-0.1, -0.05) is 0 Å². The zero-order valence-electron chi connectivity index (χ0n) is 9.90. The van der Waals surface area contributed by atoms with E-state index in [0.717, 1.165) is 0 Å². The van der Waals surface area contributed by atoms with Crippen molar-refractivity contribution in [1.82, 2.24) is 4.98 Å². The van der Waals surface area contributed by atoms with Gasteiger partial charge in [-0.15, -0.1) is 0 Å². The van der Waals surface area contributed by atoms with E-state index in [1.54, 1.807) is 24.5 Å². The summed E-state index contributed by atoms with van der Waals surface area (Å²) >= 11 is 0. The lowest BCUT2D eigenvalue weighted by atomic mass is 10.2. The molecule has 0 fully saturated rings. The van der Waals surface area contributed by atoms with E-state index in [2.05, 4.69) is 4.98 Å². The van der Waals surface area contributed by atoms with Crippen molar-refractivity contribution >= 4 is 5.97 Å². The Bertz CT molecular complexity index is 330. The third kappa shape index (κ3) is 5.34. The summed E-state index contributed by atoms with van der Waals surface area (Å²) < 4.78 is 10.5. The molecule has 1 aromatic heterocycles. The van der Waals surface area contributed by atoms with Crippen LogP contribution < -0.4 is 4.74 Å². The van der Waals surface area contributed by atoms with Crippen molar-refractivity contribution in [2.45, 2.75) is 32.8 Å². The summed E-state index contributed by atoms with van der Waals surface area (Å²) in [6.07, 6.45) is 3.52. The number of esters is 1. The van der Waals surface area contributed by atoms with Gasteiger partial charge in [-0.25, -0.2) is 0 Å². The second kappa shape index (κ2) is 5.49. The second-order valence-electron chi connectivity index (χ2n) is 4.37. The van der Waals surface area contributed by atoms with Crippen LogP contribution in [-0.4, -0.2) is 23.2 Å². The molecule has 0 aliphatic heterocycles. The Morgan fingerprint density at radius 3 is 2.75 bits per heavy atom. The van der Waals surface area contributed by atoms with Gasteiger partial charge in [0.05, 0.1) is 19.2 Å². The van der Waals surface area contributed by atoms with Crippen LogP contribution in [0.2, 0.25) is 0 Å². The number of carbonyl (C=O) groups is 1. The van der Waals surface area contributed by atoms with E-state index in [9.17, 15) is 4.79 Å². The zero-order chi connectivity index (χ0) is 12.0. The maximum absolute atomic E-state index is 11.3. The molecule has 1 rings (SSSR count). The molecular formula is C12H17NO3. The predicted molar refractivity (Wildman–Crippen MR) is 60.2 cm³/mol. The molecule has 1 heterocycles. The second-order valence-corrected chi connectivity index (χ2v) is 4.37. The van der Waals surface area contributed by atoms with E-state index in [1.165, 1.54) is 0 Å². The van der Waals surface area contributed by atoms with Crippen LogP contribution in [0.25, 0.3) is 0 Å². The van der Waals surface area contributed by atoms with Crippen LogP contribution in [0.15, 0.2) is 24.5 Å². The number of aromatic nitrogens is 1. The maximum Gasteiger partial charge on any atom is 0.309 e. The van der Waals surface area contributed by atoms with Gasteiger partial charge in [0.15, 0.2) is 0 Å². The fraction of sp³-hybridized carbons (Fsp3) is 0.500. The molecule has 0 saturated heterocycles. The SMILES string of the molecule is CC(C)(C)OC(=O)CCOc1cccnc1. The van der Waals surface area contributed by atoms with Gasteiger partial charge < -0.3 is 9.47 Å². The van der Waals surface area contributed by atoms with Gasteiger partial charge in [0, 0.05) is 6.20 Å². The molecule has 0 unspecified atom stereocenters. The van der Waals surface area contributed by atoms with Crippen LogP contribution in [0.4, 0.5) is 0 Å². The predicted octanol–water partition coefficient (Wildman–Crippen LogP) is 2.19. The van der Waals surface area contributed by atoms with Crippen molar-refractivity contribution in [3.8, 4) is 5.75 Å². The number of hydrogen-bond donors (Lipinski definition) is 0. The molecule has 1 aromatic rings. The lowest BCUT2D eigenvalue weighted by Gasteiger charge is -2.19. The van der Waals surface area contributed by atoms with Gasteiger partial charge in [-0.05, 0) is 32.9 Å². The summed E-state index contributed by atoms with van der Waals surface area (Å²) in [6, 6.07) is 3.57. The highest BCUT2D eigenvalue weighted by Gasteiger charge is 2.15. The smallest absolute Gasteiger partial charge is 0.309 e.